The van der Waals surface area contributed by atoms with Crippen LogP contribution in [0.1, 0.15) is 28.4 Å². The van der Waals surface area contributed by atoms with Gasteiger partial charge in [0.15, 0.2) is 17.3 Å². The highest BCUT2D eigenvalue weighted by atomic mass is 16.5. The fraction of sp³-hybridized carbons (Fsp3) is 0.286. The predicted molar refractivity (Wildman–Crippen MR) is 103 cm³/mol. The van der Waals surface area contributed by atoms with E-state index in [4.69, 9.17) is 9.47 Å². The Morgan fingerprint density at radius 2 is 1.73 bits per heavy atom. The topological polar surface area (TPSA) is 59.0 Å². The maximum absolute atomic E-state index is 12.4. The average Bonchev–Trinajstić information content (AvgIpc) is 2.66. The van der Waals surface area contributed by atoms with Crippen LogP contribution in [0.3, 0.4) is 0 Å². The SMILES string of the molecule is CCN(C)Cc1ccc(/C=C/C(=O)c2cc(OC)c(OC)cc2O)cc1. The Kier molecular flexibility index (Phi) is 6.81. The van der Waals surface area contributed by atoms with E-state index in [1.165, 1.54) is 38.0 Å². The largest absolute Gasteiger partial charge is 0.507 e. The molecule has 0 heterocycles. The minimum atomic E-state index is -0.307. The maximum Gasteiger partial charge on any atom is 0.189 e. The lowest BCUT2D eigenvalue weighted by molar-refractivity contribution is 0.104. The monoisotopic (exact) mass is 355 g/mol. The second-order valence-electron chi connectivity index (χ2n) is 5.99. The minimum Gasteiger partial charge on any atom is -0.507 e. The van der Waals surface area contributed by atoms with E-state index in [9.17, 15) is 9.90 Å². The number of aromatic hydroxyl groups is 1. The number of phenolic OH excluding ortho intramolecular Hbond substituents is 1. The number of nitrogens with zero attached hydrogens (tertiary/aromatic N) is 1. The molecule has 0 atom stereocenters. The van der Waals surface area contributed by atoms with E-state index in [1.807, 2.05) is 24.3 Å². The van der Waals surface area contributed by atoms with Crippen LogP contribution in [-0.2, 0) is 6.54 Å². The van der Waals surface area contributed by atoms with Crippen LogP contribution < -0.4 is 9.47 Å². The molecule has 1 N–H and O–H groups in total. The highest BCUT2D eigenvalue weighted by Crippen LogP contribution is 2.34. The first kappa shape index (κ1) is 19.5. The van der Waals surface area contributed by atoms with Gasteiger partial charge in [-0.25, -0.2) is 0 Å². The molecule has 2 rings (SSSR count). The molecule has 2 aromatic carbocycles. The molecule has 0 aliphatic carbocycles. The second kappa shape index (κ2) is 9.06. The number of phenols is 1. The van der Waals surface area contributed by atoms with Crippen LogP contribution in [-0.4, -0.2) is 43.6 Å². The van der Waals surface area contributed by atoms with Crippen LogP contribution in [0.2, 0.25) is 0 Å². The van der Waals surface area contributed by atoms with Crippen molar-refractivity contribution in [3.05, 3.63) is 59.2 Å². The maximum atomic E-state index is 12.4. The summed E-state index contributed by atoms with van der Waals surface area (Å²) < 4.78 is 10.3. The van der Waals surface area contributed by atoms with Crippen molar-refractivity contribution >= 4 is 11.9 Å². The summed E-state index contributed by atoms with van der Waals surface area (Å²) in [5, 5.41) is 10.1. The number of benzene rings is 2. The number of ketones is 1. The summed E-state index contributed by atoms with van der Waals surface area (Å²) in [5.41, 5.74) is 2.30. The highest BCUT2D eigenvalue weighted by molar-refractivity contribution is 6.09. The standard InChI is InChI=1S/C21H25NO4/c1-5-22(2)14-16-8-6-15(7-9-16)10-11-18(23)17-12-20(25-3)21(26-4)13-19(17)24/h6-13,24H,5,14H2,1-4H3/b11-10+. The summed E-state index contributed by atoms with van der Waals surface area (Å²) in [6, 6.07) is 10.9. The summed E-state index contributed by atoms with van der Waals surface area (Å²) in [7, 11) is 5.03. The van der Waals surface area contributed by atoms with Crippen molar-refractivity contribution in [2.45, 2.75) is 13.5 Å². The third-order valence-corrected chi connectivity index (χ3v) is 4.17. The van der Waals surface area contributed by atoms with Gasteiger partial charge in [-0.2, -0.15) is 0 Å². The molecule has 0 radical (unpaired) electrons. The van der Waals surface area contributed by atoms with E-state index in [0.29, 0.717) is 11.5 Å². The fourth-order valence-electron chi connectivity index (χ4n) is 2.48. The van der Waals surface area contributed by atoms with Crippen molar-refractivity contribution in [3.63, 3.8) is 0 Å². The Morgan fingerprint density at radius 3 is 2.31 bits per heavy atom. The van der Waals surface area contributed by atoms with Crippen LogP contribution in [0.5, 0.6) is 17.2 Å². The summed E-state index contributed by atoms with van der Waals surface area (Å²) in [6.07, 6.45) is 3.17. The van der Waals surface area contributed by atoms with Gasteiger partial charge >= 0.3 is 0 Å². The van der Waals surface area contributed by atoms with Crippen molar-refractivity contribution in [2.75, 3.05) is 27.8 Å². The van der Waals surface area contributed by atoms with Crippen LogP contribution >= 0.6 is 0 Å². The Hall–Kier alpha value is -2.79. The Labute approximate surface area is 154 Å². The lowest BCUT2D eigenvalue weighted by atomic mass is 10.1. The van der Waals surface area contributed by atoms with Gasteiger partial charge in [0.2, 0.25) is 0 Å². The molecule has 2 aromatic rings. The van der Waals surface area contributed by atoms with Gasteiger partial charge in [-0.15, -0.1) is 0 Å². The van der Waals surface area contributed by atoms with E-state index < -0.39 is 0 Å². The molecule has 138 valence electrons. The first-order valence-corrected chi connectivity index (χ1v) is 8.43. The molecule has 0 aromatic heterocycles. The second-order valence-corrected chi connectivity index (χ2v) is 5.99. The van der Waals surface area contributed by atoms with Crippen LogP contribution in [0.15, 0.2) is 42.5 Å². The van der Waals surface area contributed by atoms with Crippen molar-refractivity contribution in [1.82, 2.24) is 4.90 Å². The van der Waals surface area contributed by atoms with Crippen molar-refractivity contribution in [1.29, 1.82) is 0 Å². The van der Waals surface area contributed by atoms with E-state index in [0.717, 1.165) is 18.7 Å². The number of carbonyl (C=O) groups excluding carboxylic acids is 1. The van der Waals surface area contributed by atoms with Gasteiger partial charge in [-0.3, -0.25) is 4.79 Å². The van der Waals surface area contributed by atoms with E-state index >= 15 is 0 Å². The normalized spacial score (nSPS) is 11.1. The summed E-state index contributed by atoms with van der Waals surface area (Å²) in [5.74, 6) is 0.318. The lowest BCUT2D eigenvalue weighted by Gasteiger charge is -2.13. The number of rotatable bonds is 8. The van der Waals surface area contributed by atoms with Gasteiger partial charge in [0.1, 0.15) is 5.75 Å². The van der Waals surface area contributed by atoms with E-state index in [-0.39, 0.29) is 17.1 Å². The van der Waals surface area contributed by atoms with Gasteiger partial charge in [0.25, 0.3) is 0 Å². The zero-order chi connectivity index (χ0) is 19.1. The third kappa shape index (κ3) is 4.86. The predicted octanol–water partition coefficient (Wildman–Crippen LogP) is 3.76. The van der Waals surface area contributed by atoms with Gasteiger partial charge in [-0.1, -0.05) is 37.3 Å². The smallest absolute Gasteiger partial charge is 0.189 e. The number of hydrogen-bond donors (Lipinski definition) is 1. The zero-order valence-corrected chi connectivity index (χ0v) is 15.7. The van der Waals surface area contributed by atoms with Crippen LogP contribution in [0.4, 0.5) is 0 Å². The quantitative estimate of drug-likeness (QED) is 0.577. The molecule has 0 aliphatic heterocycles. The van der Waals surface area contributed by atoms with Gasteiger partial charge in [-0.05, 0) is 36.9 Å². The number of hydrogen-bond acceptors (Lipinski definition) is 5. The molecule has 0 amide bonds. The number of ether oxygens (including phenoxy) is 2. The molecule has 0 fully saturated rings. The van der Waals surface area contributed by atoms with Crippen molar-refractivity contribution < 1.29 is 19.4 Å². The average molecular weight is 355 g/mol. The molecular weight excluding hydrogens is 330 g/mol. The zero-order valence-electron chi connectivity index (χ0n) is 15.7. The fourth-order valence-corrected chi connectivity index (χ4v) is 2.48. The molecular formula is C21H25NO4. The molecule has 0 spiro atoms. The van der Waals surface area contributed by atoms with Gasteiger partial charge < -0.3 is 19.5 Å². The Morgan fingerprint density at radius 1 is 1.12 bits per heavy atom. The molecule has 0 bridgehead atoms. The highest BCUT2D eigenvalue weighted by Gasteiger charge is 2.14. The summed E-state index contributed by atoms with van der Waals surface area (Å²) in [4.78, 5) is 14.6. The van der Waals surface area contributed by atoms with Crippen LogP contribution in [0, 0.1) is 0 Å². The third-order valence-electron chi connectivity index (χ3n) is 4.17. The first-order chi connectivity index (χ1) is 12.5. The molecule has 0 unspecified atom stereocenters. The molecule has 26 heavy (non-hydrogen) atoms. The van der Waals surface area contributed by atoms with Gasteiger partial charge in [0.05, 0.1) is 19.8 Å². The number of allylic oxidation sites excluding steroid dienone is 1. The molecule has 5 heteroatoms. The Balaban J connectivity index is 2.14. The molecule has 0 aliphatic rings. The minimum absolute atomic E-state index is 0.143. The Bertz CT molecular complexity index is 781. The van der Waals surface area contributed by atoms with Crippen molar-refractivity contribution in [3.8, 4) is 17.2 Å². The number of methoxy groups -OCH3 is 2. The summed E-state index contributed by atoms with van der Waals surface area (Å²) >= 11 is 0. The lowest BCUT2D eigenvalue weighted by Crippen LogP contribution is -2.16. The van der Waals surface area contributed by atoms with E-state index in [2.05, 4.69) is 18.9 Å². The molecule has 0 saturated carbocycles. The first-order valence-electron chi connectivity index (χ1n) is 8.43. The number of carbonyl (C=O) groups is 1. The van der Waals surface area contributed by atoms with Crippen molar-refractivity contribution in [2.24, 2.45) is 0 Å². The van der Waals surface area contributed by atoms with Gasteiger partial charge in [0, 0.05) is 12.6 Å². The summed E-state index contributed by atoms with van der Waals surface area (Å²) in [6.45, 7) is 4.00. The van der Waals surface area contributed by atoms with E-state index in [1.54, 1.807) is 6.08 Å². The molecule has 0 saturated heterocycles. The van der Waals surface area contributed by atoms with Crippen LogP contribution in [0.25, 0.3) is 6.08 Å². The molecule has 5 nitrogen and oxygen atoms in total.